The van der Waals surface area contributed by atoms with E-state index in [0.717, 1.165) is 0 Å². The molecule has 0 amide bonds. The molecule has 1 heterocycles. The summed E-state index contributed by atoms with van der Waals surface area (Å²) in [4.78, 5) is 5.44. The minimum absolute atomic E-state index is 0.287. The molecule has 17 heavy (non-hydrogen) atoms. The lowest BCUT2D eigenvalue weighted by atomic mass is 10.1. The van der Waals surface area contributed by atoms with Gasteiger partial charge in [-0.15, -0.1) is 0 Å². The van der Waals surface area contributed by atoms with Crippen molar-refractivity contribution in [3.63, 3.8) is 0 Å². The second-order valence-electron chi connectivity index (χ2n) is 3.74. The molecule has 0 N–H and O–H groups in total. The van der Waals surface area contributed by atoms with Gasteiger partial charge in [-0.2, -0.15) is 18.4 Å². The van der Waals surface area contributed by atoms with Crippen LogP contribution in [0.25, 0.3) is 0 Å². The van der Waals surface area contributed by atoms with Gasteiger partial charge in [-0.3, -0.25) is 9.88 Å². The van der Waals surface area contributed by atoms with Gasteiger partial charge in [0.1, 0.15) is 0 Å². The number of hydrogen-bond acceptors (Lipinski definition) is 3. The van der Waals surface area contributed by atoms with Gasteiger partial charge in [-0.25, -0.2) is 0 Å². The van der Waals surface area contributed by atoms with E-state index in [1.807, 2.05) is 0 Å². The van der Waals surface area contributed by atoms with Crippen LogP contribution in [-0.2, 0) is 6.54 Å². The Morgan fingerprint density at radius 1 is 1.47 bits per heavy atom. The predicted octanol–water partition coefficient (Wildman–Crippen LogP) is 2.22. The van der Waals surface area contributed by atoms with Crippen molar-refractivity contribution < 1.29 is 13.2 Å². The van der Waals surface area contributed by atoms with E-state index in [4.69, 9.17) is 5.26 Å². The predicted molar refractivity (Wildman–Crippen MR) is 55.7 cm³/mol. The van der Waals surface area contributed by atoms with Gasteiger partial charge >= 0.3 is 6.18 Å². The van der Waals surface area contributed by atoms with E-state index in [1.165, 1.54) is 18.0 Å². The SMILES string of the molecule is CN(Cc1ccccn1)CC(C#N)C(F)(F)F. The van der Waals surface area contributed by atoms with E-state index >= 15 is 0 Å². The first-order valence-electron chi connectivity index (χ1n) is 4.98. The van der Waals surface area contributed by atoms with Crippen molar-refractivity contribution in [1.29, 1.82) is 5.26 Å². The lowest BCUT2D eigenvalue weighted by molar-refractivity contribution is -0.162. The van der Waals surface area contributed by atoms with E-state index < -0.39 is 12.1 Å². The zero-order valence-corrected chi connectivity index (χ0v) is 9.28. The molecule has 0 saturated heterocycles. The van der Waals surface area contributed by atoms with E-state index in [-0.39, 0.29) is 13.1 Å². The van der Waals surface area contributed by atoms with Gasteiger partial charge < -0.3 is 0 Å². The highest BCUT2D eigenvalue weighted by Crippen LogP contribution is 2.26. The van der Waals surface area contributed by atoms with Crippen molar-refractivity contribution in [1.82, 2.24) is 9.88 Å². The van der Waals surface area contributed by atoms with Crippen molar-refractivity contribution in [3.8, 4) is 6.07 Å². The topological polar surface area (TPSA) is 39.9 Å². The molecule has 0 spiro atoms. The highest BCUT2D eigenvalue weighted by atomic mass is 19.4. The Morgan fingerprint density at radius 2 is 2.18 bits per heavy atom. The van der Waals surface area contributed by atoms with Crippen LogP contribution in [0.15, 0.2) is 24.4 Å². The third-order valence-electron chi connectivity index (χ3n) is 2.20. The molecule has 1 atom stereocenters. The lowest BCUT2D eigenvalue weighted by Gasteiger charge is -2.20. The largest absolute Gasteiger partial charge is 0.405 e. The first-order chi connectivity index (χ1) is 7.93. The Hall–Kier alpha value is -1.61. The Morgan fingerprint density at radius 3 is 2.65 bits per heavy atom. The summed E-state index contributed by atoms with van der Waals surface area (Å²) in [5.74, 6) is -1.96. The van der Waals surface area contributed by atoms with Crippen molar-refractivity contribution in [2.45, 2.75) is 12.7 Å². The third kappa shape index (κ3) is 4.41. The van der Waals surface area contributed by atoms with Gasteiger partial charge in [-0.1, -0.05) is 6.07 Å². The molecule has 1 aromatic heterocycles. The zero-order chi connectivity index (χ0) is 12.9. The van der Waals surface area contributed by atoms with Crippen LogP contribution in [0.4, 0.5) is 13.2 Å². The van der Waals surface area contributed by atoms with Crippen LogP contribution < -0.4 is 0 Å². The van der Waals surface area contributed by atoms with Crippen molar-refractivity contribution in [3.05, 3.63) is 30.1 Å². The molecular weight excluding hydrogens is 231 g/mol. The van der Waals surface area contributed by atoms with E-state index in [1.54, 1.807) is 24.4 Å². The number of rotatable bonds is 4. The first kappa shape index (κ1) is 13.5. The summed E-state index contributed by atoms with van der Waals surface area (Å²) in [5, 5.41) is 8.46. The molecule has 0 aliphatic rings. The summed E-state index contributed by atoms with van der Waals surface area (Å²) < 4.78 is 37.1. The first-order valence-corrected chi connectivity index (χ1v) is 4.98. The highest BCUT2D eigenvalue weighted by molar-refractivity contribution is 5.03. The molecule has 92 valence electrons. The molecule has 0 aliphatic heterocycles. The Bertz CT molecular complexity index is 383. The number of hydrogen-bond donors (Lipinski definition) is 0. The number of alkyl halides is 3. The van der Waals surface area contributed by atoms with Gasteiger partial charge in [-0.05, 0) is 19.2 Å². The smallest absolute Gasteiger partial charge is 0.299 e. The van der Waals surface area contributed by atoms with Crippen molar-refractivity contribution in [2.75, 3.05) is 13.6 Å². The molecule has 0 fully saturated rings. The van der Waals surface area contributed by atoms with Crippen LogP contribution >= 0.6 is 0 Å². The summed E-state index contributed by atoms with van der Waals surface area (Å²) in [6.07, 6.45) is -2.90. The molecule has 0 bridgehead atoms. The summed E-state index contributed by atoms with van der Waals surface area (Å²) in [6.45, 7) is -0.0638. The number of nitriles is 1. The van der Waals surface area contributed by atoms with Gasteiger partial charge in [0.05, 0.1) is 11.8 Å². The molecule has 3 nitrogen and oxygen atoms in total. The Balaban J connectivity index is 2.55. The van der Waals surface area contributed by atoms with Gasteiger partial charge in [0.15, 0.2) is 5.92 Å². The van der Waals surface area contributed by atoms with Crippen molar-refractivity contribution in [2.24, 2.45) is 5.92 Å². The van der Waals surface area contributed by atoms with Gasteiger partial charge in [0, 0.05) is 19.3 Å². The van der Waals surface area contributed by atoms with E-state index in [2.05, 4.69) is 4.98 Å². The molecule has 6 heteroatoms. The fourth-order valence-electron chi connectivity index (χ4n) is 1.36. The highest BCUT2D eigenvalue weighted by Gasteiger charge is 2.40. The summed E-state index contributed by atoms with van der Waals surface area (Å²) in [6, 6.07) is 6.50. The number of halogens is 3. The second-order valence-corrected chi connectivity index (χ2v) is 3.74. The number of aromatic nitrogens is 1. The van der Waals surface area contributed by atoms with Gasteiger partial charge in [0.25, 0.3) is 0 Å². The third-order valence-corrected chi connectivity index (χ3v) is 2.20. The maximum Gasteiger partial charge on any atom is 0.405 e. The summed E-state index contributed by atoms with van der Waals surface area (Å²) >= 11 is 0. The standard InChI is InChI=1S/C11H12F3N3/c1-17(7-9(6-15)11(12,13)14)8-10-4-2-3-5-16-10/h2-5,9H,7-8H2,1H3. The lowest BCUT2D eigenvalue weighted by Crippen LogP contribution is -2.33. The van der Waals surface area contributed by atoms with Crippen LogP contribution in [0.1, 0.15) is 5.69 Å². The van der Waals surface area contributed by atoms with Crippen LogP contribution in [0, 0.1) is 17.2 Å². The molecule has 0 aliphatic carbocycles. The second kappa shape index (κ2) is 5.64. The molecule has 0 aromatic carbocycles. The molecule has 1 rings (SSSR count). The van der Waals surface area contributed by atoms with Crippen LogP contribution in [0.2, 0.25) is 0 Å². The minimum atomic E-state index is -4.48. The maximum absolute atomic E-state index is 12.4. The molecule has 0 saturated carbocycles. The Kier molecular flexibility index (Phi) is 4.46. The quantitative estimate of drug-likeness (QED) is 0.814. The summed E-state index contributed by atoms with van der Waals surface area (Å²) in [5.41, 5.74) is 0.675. The van der Waals surface area contributed by atoms with E-state index in [9.17, 15) is 13.2 Å². The van der Waals surface area contributed by atoms with E-state index in [0.29, 0.717) is 5.69 Å². The molecule has 1 aromatic rings. The number of pyridine rings is 1. The Labute approximate surface area is 97.5 Å². The van der Waals surface area contributed by atoms with Crippen LogP contribution in [-0.4, -0.2) is 29.7 Å². The zero-order valence-electron chi connectivity index (χ0n) is 9.28. The number of nitrogens with zero attached hydrogens (tertiary/aromatic N) is 3. The van der Waals surface area contributed by atoms with Gasteiger partial charge in [0.2, 0.25) is 0 Å². The average molecular weight is 243 g/mol. The maximum atomic E-state index is 12.4. The minimum Gasteiger partial charge on any atom is -0.299 e. The average Bonchev–Trinajstić information content (AvgIpc) is 2.25. The van der Waals surface area contributed by atoms with Crippen molar-refractivity contribution >= 4 is 0 Å². The fourth-order valence-corrected chi connectivity index (χ4v) is 1.36. The molecule has 0 radical (unpaired) electrons. The molecule has 1 unspecified atom stereocenters. The monoisotopic (exact) mass is 243 g/mol. The van der Waals surface area contributed by atoms with Crippen LogP contribution in [0.5, 0.6) is 0 Å². The fraction of sp³-hybridized carbons (Fsp3) is 0.455. The van der Waals surface area contributed by atoms with Crippen LogP contribution in [0.3, 0.4) is 0 Å². The molecular formula is C11H12F3N3. The summed E-state index contributed by atoms with van der Waals surface area (Å²) in [7, 11) is 1.53. The normalized spacial score (nSPS) is 13.4.